The van der Waals surface area contributed by atoms with Crippen molar-refractivity contribution in [2.75, 3.05) is 13.1 Å². The molecule has 2 atom stereocenters. The first-order valence-corrected chi connectivity index (χ1v) is 13.5. The van der Waals surface area contributed by atoms with Gasteiger partial charge in [-0.15, -0.1) is 0 Å². The predicted molar refractivity (Wildman–Crippen MR) is 151 cm³/mol. The Morgan fingerprint density at radius 2 is 1.33 bits per heavy atom. The molecule has 1 amide bonds. The number of esters is 1. The van der Waals surface area contributed by atoms with Gasteiger partial charge in [-0.25, -0.2) is 0 Å². The first kappa shape index (κ1) is 29.6. The zero-order chi connectivity index (χ0) is 27.7. The van der Waals surface area contributed by atoms with Gasteiger partial charge >= 0.3 is 11.9 Å². The number of nitrogens with one attached hydrogen (secondary N) is 2. The van der Waals surface area contributed by atoms with E-state index in [1.54, 1.807) is 0 Å². The second-order valence-corrected chi connectivity index (χ2v) is 9.56. The number of carboxylic acid groups (broad SMARTS) is 1. The number of hydrogen-bond acceptors (Lipinski definition) is 5. The van der Waals surface area contributed by atoms with Crippen LogP contribution in [0.25, 0.3) is 0 Å². The lowest BCUT2D eigenvalue weighted by Gasteiger charge is -2.23. The summed E-state index contributed by atoms with van der Waals surface area (Å²) in [5.74, 6) is -1.84. The number of unbranched alkanes of at least 4 members (excludes halogenated alkanes) is 3. The molecular formula is C32H38N2O5. The fraction of sp³-hybridized carbons (Fsp3) is 0.344. The standard InChI is InChI=1S/C32H38N2O5/c35-30(36)20-12-1-2-13-21-33-31(37)29(22-25-14-6-3-7-15-25)34-23-28(27-18-10-5-11-19-27)32(38)39-24-26-16-8-4-9-17-26/h3-11,14-19,28-29,34H,1-2,12-13,20-24H2,(H,33,37)(H,35,36)/t28-,29-/m0/s1. The number of carbonyl (C=O) groups excluding carboxylic acids is 2. The van der Waals surface area contributed by atoms with E-state index < -0.39 is 17.9 Å². The number of ether oxygens (including phenoxy) is 1. The van der Waals surface area contributed by atoms with Crippen molar-refractivity contribution < 1.29 is 24.2 Å². The van der Waals surface area contributed by atoms with Gasteiger partial charge < -0.3 is 20.5 Å². The number of rotatable bonds is 17. The molecule has 0 unspecified atom stereocenters. The van der Waals surface area contributed by atoms with Crippen molar-refractivity contribution in [1.29, 1.82) is 0 Å². The number of benzene rings is 3. The maximum atomic E-state index is 13.2. The molecule has 3 aromatic carbocycles. The van der Waals surface area contributed by atoms with E-state index in [-0.39, 0.29) is 31.4 Å². The first-order chi connectivity index (χ1) is 19.0. The van der Waals surface area contributed by atoms with Gasteiger partial charge in [0.25, 0.3) is 0 Å². The molecule has 0 bridgehead atoms. The van der Waals surface area contributed by atoms with E-state index >= 15 is 0 Å². The van der Waals surface area contributed by atoms with E-state index in [1.165, 1.54) is 0 Å². The van der Waals surface area contributed by atoms with Crippen molar-refractivity contribution in [3.05, 3.63) is 108 Å². The van der Waals surface area contributed by atoms with E-state index in [0.29, 0.717) is 19.4 Å². The number of aliphatic carboxylic acids is 1. The third kappa shape index (κ3) is 11.1. The summed E-state index contributed by atoms with van der Waals surface area (Å²) in [5, 5.41) is 15.1. The zero-order valence-corrected chi connectivity index (χ0v) is 22.3. The molecule has 7 nitrogen and oxygen atoms in total. The fourth-order valence-electron chi connectivity index (χ4n) is 4.31. The van der Waals surface area contributed by atoms with Crippen LogP contribution < -0.4 is 10.6 Å². The molecule has 39 heavy (non-hydrogen) atoms. The summed E-state index contributed by atoms with van der Waals surface area (Å²) >= 11 is 0. The van der Waals surface area contributed by atoms with Crippen molar-refractivity contribution in [2.24, 2.45) is 0 Å². The monoisotopic (exact) mass is 530 g/mol. The molecule has 0 spiro atoms. The topological polar surface area (TPSA) is 105 Å². The molecule has 0 radical (unpaired) electrons. The Hall–Kier alpha value is -3.97. The molecule has 0 aliphatic carbocycles. The van der Waals surface area contributed by atoms with E-state index in [4.69, 9.17) is 9.84 Å². The highest BCUT2D eigenvalue weighted by atomic mass is 16.5. The second-order valence-electron chi connectivity index (χ2n) is 9.56. The third-order valence-electron chi connectivity index (χ3n) is 6.49. The van der Waals surface area contributed by atoms with Crippen molar-refractivity contribution in [3.63, 3.8) is 0 Å². The van der Waals surface area contributed by atoms with Gasteiger partial charge in [-0.3, -0.25) is 14.4 Å². The van der Waals surface area contributed by atoms with Crippen LogP contribution in [-0.4, -0.2) is 42.1 Å². The van der Waals surface area contributed by atoms with Gasteiger partial charge in [0.15, 0.2) is 0 Å². The predicted octanol–water partition coefficient (Wildman–Crippen LogP) is 4.87. The molecule has 0 saturated carbocycles. The van der Waals surface area contributed by atoms with E-state index in [2.05, 4.69) is 10.6 Å². The van der Waals surface area contributed by atoms with Gasteiger partial charge in [-0.1, -0.05) is 104 Å². The molecule has 3 rings (SSSR count). The van der Waals surface area contributed by atoms with Crippen LogP contribution in [0.15, 0.2) is 91.0 Å². The molecule has 7 heteroatoms. The SMILES string of the molecule is O=C(O)CCCCCCNC(=O)[C@H](Cc1ccccc1)NC[C@H](C(=O)OCc1ccccc1)c1ccccc1. The zero-order valence-electron chi connectivity index (χ0n) is 22.3. The van der Waals surface area contributed by atoms with E-state index in [1.807, 2.05) is 91.0 Å². The second kappa shape index (κ2) is 16.8. The number of carboxylic acids is 1. The molecule has 0 aliphatic heterocycles. The quantitative estimate of drug-likeness (QED) is 0.170. The van der Waals surface area contributed by atoms with Gasteiger partial charge in [-0.05, 0) is 36.0 Å². The highest BCUT2D eigenvalue weighted by Gasteiger charge is 2.26. The summed E-state index contributed by atoms with van der Waals surface area (Å²) in [6, 6.07) is 28.3. The van der Waals surface area contributed by atoms with Crippen LogP contribution in [0.1, 0.15) is 54.7 Å². The van der Waals surface area contributed by atoms with E-state index in [9.17, 15) is 14.4 Å². The molecule has 0 saturated heterocycles. The normalized spacial score (nSPS) is 12.3. The minimum Gasteiger partial charge on any atom is -0.481 e. The van der Waals surface area contributed by atoms with Gasteiger partial charge in [0, 0.05) is 19.5 Å². The lowest BCUT2D eigenvalue weighted by Crippen LogP contribution is -2.47. The summed E-state index contributed by atoms with van der Waals surface area (Å²) in [6.45, 7) is 0.946. The Balaban J connectivity index is 1.62. The number of carbonyl (C=O) groups is 3. The van der Waals surface area contributed by atoms with Gasteiger partial charge in [0.2, 0.25) is 5.91 Å². The molecule has 0 aliphatic rings. The summed E-state index contributed by atoms with van der Waals surface area (Å²) in [5.41, 5.74) is 2.75. The van der Waals surface area contributed by atoms with Crippen molar-refractivity contribution >= 4 is 17.8 Å². The minimum absolute atomic E-state index is 0.131. The van der Waals surface area contributed by atoms with Crippen LogP contribution in [-0.2, 0) is 32.1 Å². The lowest BCUT2D eigenvalue weighted by molar-refractivity contribution is -0.147. The lowest BCUT2D eigenvalue weighted by atomic mass is 9.98. The maximum absolute atomic E-state index is 13.2. The van der Waals surface area contributed by atoms with Crippen LogP contribution in [0.5, 0.6) is 0 Å². The van der Waals surface area contributed by atoms with Gasteiger partial charge in [0.05, 0.1) is 12.0 Å². The summed E-state index contributed by atoms with van der Waals surface area (Å²) in [6.07, 6.45) is 3.74. The highest BCUT2D eigenvalue weighted by Crippen LogP contribution is 2.18. The largest absolute Gasteiger partial charge is 0.481 e. The van der Waals surface area contributed by atoms with Crippen molar-refractivity contribution in [2.45, 2.75) is 57.1 Å². The molecule has 0 heterocycles. The third-order valence-corrected chi connectivity index (χ3v) is 6.49. The van der Waals surface area contributed by atoms with Crippen LogP contribution in [0, 0.1) is 0 Å². The van der Waals surface area contributed by atoms with Gasteiger partial charge in [-0.2, -0.15) is 0 Å². The smallest absolute Gasteiger partial charge is 0.315 e. The minimum atomic E-state index is -0.782. The summed E-state index contributed by atoms with van der Waals surface area (Å²) < 4.78 is 5.67. The van der Waals surface area contributed by atoms with E-state index in [0.717, 1.165) is 36.0 Å². The fourth-order valence-corrected chi connectivity index (χ4v) is 4.31. The highest BCUT2D eigenvalue weighted by molar-refractivity contribution is 5.82. The maximum Gasteiger partial charge on any atom is 0.315 e. The molecule has 0 aromatic heterocycles. The first-order valence-electron chi connectivity index (χ1n) is 13.5. The van der Waals surface area contributed by atoms with Crippen molar-refractivity contribution in [1.82, 2.24) is 10.6 Å². The molecule has 3 N–H and O–H groups in total. The Kier molecular flexibility index (Phi) is 12.7. The molecule has 3 aromatic rings. The Morgan fingerprint density at radius 3 is 1.97 bits per heavy atom. The summed E-state index contributed by atoms with van der Waals surface area (Å²) in [7, 11) is 0. The Morgan fingerprint density at radius 1 is 0.744 bits per heavy atom. The van der Waals surface area contributed by atoms with Crippen LogP contribution in [0.4, 0.5) is 0 Å². The van der Waals surface area contributed by atoms with Crippen molar-refractivity contribution in [3.8, 4) is 0 Å². The average Bonchev–Trinajstić information content (AvgIpc) is 2.96. The molecule has 206 valence electrons. The Labute approximate surface area is 230 Å². The molecular weight excluding hydrogens is 492 g/mol. The average molecular weight is 531 g/mol. The van der Waals surface area contributed by atoms with Crippen LogP contribution in [0.2, 0.25) is 0 Å². The van der Waals surface area contributed by atoms with Gasteiger partial charge in [0.1, 0.15) is 6.61 Å². The number of amides is 1. The number of hydrogen-bond donors (Lipinski definition) is 3. The van der Waals surface area contributed by atoms with Crippen LogP contribution in [0.3, 0.4) is 0 Å². The summed E-state index contributed by atoms with van der Waals surface area (Å²) in [4.78, 5) is 37.0. The molecule has 0 fully saturated rings. The Bertz CT molecular complexity index is 1140. The van der Waals surface area contributed by atoms with Crippen LogP contribution >= 0.6 is 0 Å².